The predicted molar refractivity (Wildman–Crippen MR) is 120 cm³/mol. The fourth-order valence-corrected chi connectivity index (χ4v) is 4.30. The molecule has 1 amide bonds. The number of carbonyl (C=O) groups is 1. The van der Waals surface area contributed by atoms with Crippen LogP contribution >= 0.6 is 0 Å². The van der Waals surface area contributed by atoms with Gasteiger partial charge in [-0.3, -0.25) is 9.59 Å². The molecule has 1 atom stereocenters. The number of aromatic nitrogens is 2. The van der Waals surface area contributed by atoms with Crippen molar-refractivity contribution in [3.8, 4) is 0 Å². The number of H-pyrrole nitrogens is 1. The lowest BCUT2D eigenvalue weighted by Crippen LogP contribution is -2.52. The molecule has 0 radical (unpaired) electrons. The molecule has 1 aliphatic heterocycles. The molecular formula is C23H27N5O2. The van der Waals surface area contributed by atoms with Crippen molar-refractivity contribution in [2.75, 3.05) is 16.8 Å². The number of aryl methyl sites for hydroxylation is 1. The summed E-state index contributed by atoms with van der Waals surface area (Å²) >= 11 is 0. The van der Waals surface area contributed by atoms with Gasteiger partial charge in [0.25, 0.3) is 5.91 Å². The number of aromatic amines is 1. The summed E-state index contributed by atoms with van der Waals surface area (Å²) in [6.45, 7) is 6.73. The zero-order valence-electron chi connectivity index (χ0n) is 17.5. The average molecular weight is 406 g/mol. The summed E-state index contributed by atoms with van der Waals surface area (Å²) in [5.41, 5.74) is 8.65. The molecule has 0 saturated carbocycles. The Morgan fingerprint density at radius 2 is 2.10 bits per heavy atom. The molecule has 1 fully saturated rings. The zero-order valence-corrected chi connectivity index (χ0v) is 17.5. The fourth-order valence-electron chi connectivity index (χ4n) is 4.30. The van der Waals surface area contributed by atoms with Crippen LogP contribution in [-0.2, 0) is 0 Å². The van der Waals surface area contributed by atoms with Crippen molar-refractivity contribution in [3.63, 3.8) is 0 Å². The van der Waals surface area contributed by atoms with Crippen molar-refractivity contribution in [3.05, 3.63) is 64.1 Å². The molecule has 1 saturated heterocycles. The number of benzene rings is 1. The Morgan fingerprint density at radius 1 is 1.30 bits per heavy atom. The largest absolute Gasteiger partial charge is 0.351 e. The van der Waals surface area contributed by atoms with Crippen LogP contribution in [0.25, 0.3) is 10.9 Å². The minimum absolute atomic E-state index is 0.124. The van der Waals surface area contributed by atoms with E-state index in [1.807, 2.05) is 26.8 Å². The lowest BCUT2D eigenvalue weighted by molar-refractivity contribution is 0.102. The number of fused-ring (bicyclic) bond motifs is 1. The Morgan fingerprint density at radius 3 is 2.87 bits per heavy atom. The number of nitrogens with zero attached hydrogens (tertiary/aromatic N) is 2. The van der Waals surface area contributed by atoms with Gasteiger partial charge in [0.15, 0.2) is 0 Å². The highest BCUT2D eigenvalue weighted by atomic mass is 16.1. The van der Waals surface area contributed by atoms with Gasteiger partial charge in [-0.15, -0.1) is 0 Å². The lowest BCUT2D eigenvalue weighted by atomic mass is 9.93. The van der Waals surface area contributed by atoms with Crippen LogP contribution in [0.2, 0.25) is 0 Å². The van der Waals surface area contributed by atoms with E-state index in [4.69, 9.17) is 5.73 Å². The van der Waals surface area contributed by atoms with E-state index in [-0.39, 0.29) is 17.5 Å². The van der Waals surface area contributed by atoms with Gasteiger partial charge in [-0.05, 0) is 69.5 Å². The van der Waals surface area contributed by atoms with Crippen LogP contribution in [0, 0.1) is 6.92 Å². The molecule has 2 aromatic heterocycles. The highest BCUT2D eigenvalue weighted by Crippen LogP contribution is 2.32. The summed E-state index contributed by atoms with van der Waals surface area (Å²) in [6, 6.07) is 10.7. The van der Waals surface area contributed by atoms with Crippen LogP contribution in [0.5, 0.6) is 0 Å². The molecule has 4 rings (SSSR count). The summed E-state index contributed by atoms with van der Waals surface area (Å²) in [4.78, 5) is 34.3. The first kappa shape index (κ1) is 20.1. The number of nitrogens with one attached hydrogen (secondary N) is 2. The van der Waals surface area contributed by atoms with Gasteiger partial charge < -0.3 is 20.9 Å². The first-order valence-corrected chi connectivity index (χ1v) is 10.2. The fraction of sp³-hybridized carbons (Fsp3) is 0.348. The maximum Gasteiger partial charge on any atom is 0.259 e. The van der Waals surface area contributed by atoms with Crippen molar-refractivity contribution in [1.82, 2.24) is 9.97 Å². The normalized spacial score (nSPS) is 16.8. The highest BCUT2D eigenvalue weighted by Gasteiger charge is 2.36. The maximum atomic E-state index is 13.2. The number of nitrogens with two attached hydrogens (primary N) is 1. The van der Waals surface area contributed by atoms with Gasteiger partial charge >= 0.3 is 0 Å². The van der Waals surface area contributed by atoms with Gasteiger partial charge in [-0.2, -0.15) is 0 Å². The number of anilines is 2. The number of amides is 1. The van der Waals surface area contributed by atoms with Crippen molar-refractivity contribution >= 4 is 28.3 Å². The highest BCUT2D eigenvalue weighted by molar-refractivity contribution is 6.08. The Kier molecular flexibility index (Phi) is 5.07. The number of hydrogen-bond donors (Lipinski definition) is 3. The second kappa shape index (κ2) is 7.57. The molecule has 7 heteroatoms. The van der Waals surface area contributed by atoms with Crippen molar-refractivity contribution in [1.29, 1.82) is 0 Å². The number of hydrogen-bond acceptors (Lipinski definition) is 5. The molecule has 30 heavy (non-hydrogen) atoms. The number of rotatable bonds is 4. The van der Waals surface area contributed by atoms with E-state index in [1.54, 1.807) is 36.5 Å². The zero-order chi connectivity index (χ0) is 21.5. The molecule has 4 N–H and O–H groups in total. The second-order valence-corrected chi connectivity index (χ2v) is 8.58. The molecule has 3 heterocycles. The third kappa shape index (κ3) is 3.80. The SMILES string of the molecule is Cc1cc(=O)[nH]c2ccc(NC(=O)c3cccnc3N3CCCC3C(C)(C)N)cc12. The predicted octanol–water partition coefficient (Wildman–Crippen LogP) is 3.19. The molecule has 0 aliphatic carbocycles. The van der Waals surface area contributed by atoms with E-state index in [9.17, 15) is 9.59 Å². The van der Waals surface area contributed by atoms with E-state index in [0.29, 0.717) is 17.1 Å². The molecule has 7 nitrogen and oxygen atoms in total. The summed E-state index contributed by atoms with van der Waals surface area (Å²) in [7, 11) is 0. The smallest absolute Gasteiger partial charge is 0.259 e. The molecule has 156 valence electrons. The van der Waals surface area contributed by atoms with E-state index in [1.165, 1.54) is 0 Å². The molecule has 0 bridgehead atoms. The van der Waals surface area contributed by atoms with Crippen molar-refractivity contribution in [2.24, 2.45) is 5.73 Å². The second-order valence-electron chi connectivity index (χ2n) is 8.58. The third-order valence-corrected chi connectivity index (χ3v) is 5.72. The van der Waals surface area contributed by atoms with Gasteiger partial charge in [-0.1, -0.05) is 0 Å². The Hall–Kier alpha value is -3.19. The van der Waals surface area contributed by atoms with E-state index in [0.717, 1.165) is 35.9 Å². The summed E-state index contributed by atoms with van der Waals surface area (Å²) in [5.74, 6) is 0.442. The lowest BCUT2D eigenvalue weighted by Gasteiger charge is -2.36. The average Bonchev–Trinajstić information content (AvgIpc) is 3.19. The summed E-state index contributed by atoms with van der Waals surface area (Å²) < 4.78 is 0. The first-order valence-electron chi connectivity index (χ1n) is 10.2. The van der Waals surface area contributed by atoms with E-state index in [2.05, 4.69) is 20.2 Å². The quantitative estimate of drug-likeness (QED) is 0.618. The van der Waals surface area contributed by atoms with Gasteiger partial charge in [-0.25, -0.2) is 4.98 Å². The van der Waals surface area contributed by atoms with Crippen LogP contribution in [0.15, 0.2) is 47.4 Å². The van der Waals surface area contributed by atoms with Crippen LogP contribution in [0.1, 0.15) is 42.6 Å². The first-order chi connectivity index (χ1) is 14.2. The Bertz CT molecular complexity index is 1160. The summed E-state index contributed by atoms with van der Waals surface area (Å²) in [6.07, 6.45) is 3.70. The molecule has 3 aromatic rings. The van der Waals surface area contributed by atoms with Crippen LogP contribution in [-0.4, -0.2) is 34.0 Å². The molecule has 1 unspecified atom stereocenters. The molecule has 1 aliphatic rings. The van der Waals surface area contributed by atoms with Crippen molar-refractivity contribution in [2.45, 2.75) is 45.2 Å². The number of carbonyl (C=O) groups excluding carboxylic acids is 1. The Labute approximate surface area is 175 Å². The van der Waals surface area contributed by atoms with Crippen LogP contribution in [0.4, 0.5) is 11.5 Å². The van der Waals surface area contributed by atoms with Crippen LogP contribution < -0.4 is 21.5 Å². The van der Waals surface area contributed by atoms with Gasteiger partial charge in [0.05, 0.1) is 5.56 Å². The summed E-state index contributed by atoms with van der Waals surface area (Å²) in [5, 5.41) is 3.87. The standard InChI is InChI=1S/C23H27N5O2/c1-14-12-20(29)27-18-9-8-15(13-17(14)18)26-22(30)16-6-4-10-25-21(16)28-11-5-7-19(28)23(2,3)24/h4,6,8-10,12-13,19H,5,7,11,24H2,1-3H3,(H,26,30)(H,27,29). The third-order valence-electron chi connectivity index (χ3n) is 5.72. The Balaban J connectivity index is 1.65. The van der Waals surface area contributed by atoms with Gasteiger partial charge in [0.2, 0.25) is 5.56 Å². The van der Waals surface area contributed by atoms with Crippen LogP contribution in [0.3, 0.4) is 0 Å². The number of pyridine rings is 2. The topological polar surface area (TPSA) is 104 Å². The van der Waals surface area contributed by atoms with E-state index < -0.39 is 5.54 Å². The van der Waals surface area contributed by atoms with Crippen molar-refractivity contribution < 1.29 is 4.79 Å². The molecular weight excluding hydrogens is 378 g/mol. The minimum Gasteiger partial charge on any atom is -0.351 e. The van der Waals surface area contributed by atoms with Gasteiger partial charge in [0, 0.05) is 47.0 Å². The van der Waals surface area contributed by atoms with E-state index >= 15 is 0 Å². The molecule has 1 aromatic carbocycles. The molecule has 0 spiro atoms. The maximum absolute atomic E-state index is 13.2. The van der Waals surface area contributed by atoms with Gasteiger partial charge in [0.1, 0.15) is 5.82 Å². The minimum atomic E-state index is -0.394. The monoisotopic (exact) mass is 405 g/mol.